The SMILES string of the molecule is C[CH]CCCCCCCCCCCCCCc1cccs1. The minimum absolute atomic E-state index is 1.30. The lowest BCUT2D eigenvalue weighted by atomic mass is 10.0. The summed E-state index contributed by atoms with van der Waals surface area (Å²) >= 11 is 1.91. The Morgan fingerprint density at radius 2 is 1.29 bits per heavy atom. The average Bonchev–Trinajstić information content (AvgIpc) is 3.01. The molecule has 0 saturated heterocycles. The minimum atomic E-state index is 1.30. The Balaban J connectivity index is 1.69. The van der Waals surface area contributed by atoms with Crippen molar-refractivity contribution in [3.8, 4) is 0 Å². The molecule has 0 atom stereocenters. The molecule has 1 heteroatoms. The molecule has 1 aromatic heterocycles. The fourth-order valence-electron chi connectivity index (χ4n) is 2.87. The quantitative estimate of drug-likeness (QED) is 0.293. The molecule has 0 aliphatic rings. The third kappa shape index (κ3) is 12.0. The molecule has 1 heterocycles. The van der Waals surface area contributed by atoms with Gasteiger partial charge in [-0.15, -0.1) is 11.3 Å². The zero-order valence-corrected chi connectivity index (χ0v) is 14.9. The van der Waals surface area contributed by atoms with Gasteiger partial charge in [0.15, 0.2) is 0 Å². The fourth-order valence-corrected chi connectivity index (χ4v) is 3.62. The van der Waals surface area contributed by atoms with E-state index in [1.54, 1.807) is 4.88 Å². The molecule has 0 spiro atoms. The Bertz CT molecular complexity index is 289. The van der Waals surface area contributed by atoms with Crippen LogP contribution >= 0.6 is 11.3 Å². The summed E-state index contributed by atoms with van der Waals surface area (Å²) in [6, 6.07) is 4.44. The summed E-state index contributed by atoms with van der Waals surface area (Å²) in [5.41, 5.74) is 0. The van der Waals surface area contributed by atoms with Crippen molar-refractivity contribution in [3.05, 3.63) is 28.8 Å². The molecule has 0 unspecified atom stereocenters. The van der Waals surface area contributed by atoms with Crippen LogP contribution in [0.2, 0.25) is 0 Å². The summed E-state index contributed by atoms with van der Waals surface area (Å²) in [6.45, 7) is 2.17. The first-order chi connectivity index (χ1) is 10.4. The number of hydrogen-bond acceptors (Lipinski definition) is 1. The van der Waals surface area contributed by atoms with Gasteiger partial charge in [0, 0.05) is 4.88 Å². The van der Waals surface area contributed by atoms with E-state index in [1.165, 1.54) is 89.9 Å². The predicted molar refractivity (Wildman–Crippen MR) is 98.0 cm³/mol. The maximum atomic E-state index is 2.29. The van der Waals surface area contributed by atoms with Crippen molar-refractivity contribution in [2.24, 2.45) is 0 Å². The van der Waals surface area contributed by atoms with E-state index in [4.69, 9.17) is 0 Å². The van der Waals surface area contributed by atoms with E-state index in [1.807, 2.05) is 11.3 Å². The van der Waals surface area contributed by atoms with Gasteiger partial charge in [-0.2, -0.15) is 0 Å². The molecule has 21 heavy (non-hydrogen) atoms. The van der Waals surface area contributed by atoms with Gasteiger partial charge in [0.1, 0.15) is 0 Å². The van der Waals surface area contributed by atoms with Crippen LogP contribution in [0, 0.1) is 6.42 Å². The normalized spacial score (nSPS) is 11.1. The molecule has 0 amide bonds. The van der Waals surface area contributed by atoms with Crippen molar-refractivity contribution in [1.82, 2.24) is 0 Å². The Morgan fingerprint density at radius 1 is 0.762 bits per heavy atom. The summed E-state index contributed by atoms with van der Waals surface area (Å²) in [5.74, 6) is 0. The van der Waals surface area contributed by atoms with E-state index in [0.29, 0.717) is 0 Å². The number of rotatable bonds is 15. The van der Waals surface area contributed by atoms with Gasteiger partial charge < -0.3 is 0 Å². The first kappa shape index (κ1) is 18.7. The van der Waals surface area contributed by atoms with Crippen LogP contribution in [-0.4, -0.2) is 0 Å². The Labute approximate surface area is 137 Å². The van der Waals surface area contributed by atoms with Gasteiger partial charge in [0.25, 0.3) is 0 Å². The second kappa shape index (κ2) is 14.6. The molecule has 1 radical (unpaired) electrons. The number of thiophene rings is 1. The molecular weight excluding hydrogens is 272 g/mol. The molecule has 0 bridgehead atoms. The van der Waals surface area contributed by atoms with Gasteiger partial charge >= 0.3 is 0 Å². The molecule has 0 nitrogen and oxygen atoms in total. The van der Waals surface area contributed by atoms with Crippen LogP contribution in [0.3, 0.4) is 0 Å². The molecule has 121 valence electrons. The molecule has 0 fully saturated rings. The zero-order chi connectivity index (χ0) is 15.0. The van der Waals surface area contributed by atoms with E-state index in [9.17, 15) is 0 Å². The van der Waals surface area contributed by atoms with Crippen LogP contribution in [0.1, 0.15) is 95.3 Å². The van der Waals surface area contributed by atoms with E-state index in [2.05, 4.69) is 30.9 Å². The first-order valence-electron chi connectivity index (χ1n) is 9.23. The highest BCUT2D eigenvalue weighted by Gasteiger charge is 1.95. The summed E-state index contributed by atoms with van der Waals surface area (Å²) < 4.78 is 0. The molecular formula is C20H35S. The highest BCUT2D eigenvalue weighted by atomic mass is 32.1. The van der Waals surface area contributed by atoms with Crippen molar-refractivity contribution >= 4 is 11.3 Å². The van der Waals surface area contributed by atoms with Crippen molar-refractivity contribution in [2.75, 3.05) is 0 Å². The van der Waals surface area contributed by atoms with Crippen LogP contribution in [0.4, 0.5) is 0 Å². The summed E-state index contributed by atoms with van der Waals surface area (Å²) in [5, 5.41) is 2.19. The summed E-state index contributed by atoms with van der Waals surface area (Å²) in [7, 11) is 0. The van der Waals surface area contributed by atoms with Crippen LogP contribution in [0.5, 0.6) is 0 Å². The lowest BCUT2D eigenvalue weighted by molar-refractivity contribution is 0.540. The number of unbranched alkanes of at least 4 members (excludes halogenated alkanes) is 13. The van der Waals surface area contributed by atoms with Gasteiger partial charge in [-0.1, -0.05) is 90.0 Å². The maximum Gasteiger partial charge on any atom is 0.00452 e. The van der Waals surface area contributed by atoms with Gasteiger partial charge in [0.2, 0.25) is 0 Å². The highest BCUT2D eigenvalue weighted by molar-refractivity contribution is 7.09. The summed E-state index contributed by atoms with van der Waals surface area (Å²) in [4.78, 5) is 1.56. The molecule has 0 aliphatic heterocycles. The molecule has 0 saturated carbocycles. The second-order valence-electron chi connectivity index (χ2n) is 6.27. The molecule has 0 aliphatic carbocycles. The van der Waals surface area contributed by atoms with Gasteiger partial charge in [-0.25, -0.2) is 0 Å². The van der Waals surface area contributed by atoms with E-state index in [0.717, 1.165) is 0 Å². The van der Waals surface area contributed by atoms with E-state index < -0.39 is 0 Å². The topological polar surface area (TPSA) is 0 Å². The lowest BCUT2D eigenvalue weighted by Gasteiger charge is -2.03. The van der Waals surface area contributed by atoms with Crippen molar-refractivity contribution < 1.29 is 0 Å². The third-order valence-corrected chi connectivity index (χ3v) is 5.18. The Kier molecular flexibility index (Phi) is 13.1. The highest BCUT2D eigenvalue weighted by Crippen LogP contribution is 2.15. The maximum absolute atomic E-state index is 2.29. The van der Waals surface area contributed by atoms with Gasteiger partial charge in [-0.05, 0) is 30.7 Å². The van der Waals surface area contributed by atoms with Crippen LogP contribution in [0.15, 0.2) is 17.5 Å². The van der Waals surface area contributed by atoms with E-state index >= 15 is 0 Å². The second-order valence-corrected chi connectivity index (χ2v) is 7.30. The van der Waals surface area contributed by atoms with Crippen LogP contribution in [0.25, 0.3) is 0 Å². The number of hydrogen-bond donors (Lipinski definition) is 0. The molecule has 1 rings (SSSR count). The van der Waals surface area contributed by atoms with E-state index in [-0.39, 0.29) is 0 Å². The molecule has 0 N–H and O–H groups in total. The third-order valence-electron chi connectivity index (χ3n) is 4.25. The van der Waals surface area contributed by atoms with Crippen LogP contribution < -0.4 is 0 Å². The lowest BCUT2D eigenvalue weighted by Crippen LogP contribution is -1.84. The minimum Gasteiger partial charge on any atom is -0.149 e. The zero-order valence-electron chi connectivity index (χ0n) is 14.1. The Morgan fingerprint density at radius 3 is 1.76 bits per heavy atom. The van der Waals surface area contributed by atoms with Crippen molar-refractivity contribution in [3.63, 3.8) is 0 Å². The van der Waals surface area contributed by atoms with Gasteiger partial charge in [-0.3, -0.25) is 0 Å². The van der Waals surface area contributed by atoms with Crippen LogP contribution in [-0.2, 0) is 6.42 Å². The van der Waals surface area contributed by atoms with Crippen molar-refractivity contribution in [1.29, 1.82) is 0 Å². The standard InChI is InChI=1S/C20H35S/c1-2-3-4-5-6-7-8-9-10-11-12-13-14-15-17-20-18-16-19-21-20/h2,16,18-19H,3-15,17H2,1H3. The molecule has 1 aromatic rings. The smallest absolute Gasteiger partial charge is 0.00452 e. The molecule has 0 aromatic carbocycles. The number of aryl methyl sites for hydroxylation is 1. The predicted octanol–water partition coefficient (Wildman–Crippen LogP) is 7.59. The summed E-state index contributed by atoms with van der Waals surface area (Å²) in [6.07, 6.45) is 22.2. The monoisotopic (exact) mass is 307 g/mol. The Hall–Kier alpha value is -0.300. The average molecular weight is 308 g/mol. The fraction of sp³-hybridized carbons (Fsp3) is 0.750. The van der Waals surface area contributed by atoms with Crippen molar-refractivity contribution in [2.45, 2.75) is 96.8 Å². The first-order valence-corrected chi connectivity index (χ1v) is 10.1. The largest absolute Gasteiger partial charge is 0.149 e. The van der Waals surface area contributed by atoms with Gasteiger partial charge in [0.05, 0.1) is 0 Å².